The second-order valence-electron chi connectivity index (χ2n) is 5.17. The number of nitrogen functional groups attached to an aromatic ring is 1. The number of nitrogens with two attached hydrogens (primary N) is 1. The van der Waals surface area contributed by atoms with Crippen LogP contribution in [0.2, 0.25) is 0 Å². The van der Waals surface area contributed by atoms with Crippen LogP contribution in [0.25, 0.3) is 0 Å². The molecule has 0 radical (unpaired) electrons. The number of halogens is 3. The summed E-state index contributed by atoms with van der Waals surface area (Å²) in [5, 5.41) is 0. The van der Waals surface area contributed by atoms with Crippen LogP contribution in [-0.4, -0.2) is 28.6 Å². The zero-order valence-corrected chi connectivity index (χ0v) is 11.6. The van der Waals surface area contributed by atoms with Crippen LogP contribution in [0.4, 0.5) is 24.8 Å². The quantitative estimate of drug-likeness (QED) is 0.863. The third kappa shape index (κ3) is 3.46. The molecule has 0 bridgehead atoms. The average molecular weight is 291 g/mol. The second-order valence-corrected chi connectivity index (χ2v) is 6.97. The van der Waals surface area contributed by atoms with E-state index < -0.39 is 11.7 Å². The van der Waals surface area contributed by atoms with Gasteiger partial charge in [-0.1, -0.05) is 0 Å². The van der Waals surface area contributed by atoms with E-state index in [2.05, 4.69) is 18.8 Å². The lowest BCUT2D eigenvalue weighted by Crippen LogP contribution is -2.43. The van der Waals surface area contributed by atoms with Crippen LogP contribution in [0.1, 0.15) is 19.4 Å². The van der Waals surface area contributed by atoms with Gasteiger partial charge in [-0.25, -0.2) is 4.98 Å². The van der Waals surface area contributed by atoms with Gasteiger partial charge in [0.15, 0.2) is 0 Å². The predicted octanol–water partition coefficient (Wildman–Crippen LogP) is 3.01. The Labute approximate surface area is 114 Å². The highest BCUT2D eigenvalue weighted by Gasteiger charge is 2.33. The average Bonchev–Trinajstić information content (AvgIpc) is 2.25. The van der Waals surface area contributed by atoms with Crippen LogP contribution < -0.4 is 10.6 Å². The van der Waals surface area contributed by atoms with E-state index in [4.69, 9.17) is 5.73 Å². The summed E-state index contributed by atoms with van der Waals surface area (Å²) in [5.41, 5.74) is 4.74. The first kappa shape index (κ1) is 14.3. The highest BCUT2D eigenvalue weighted by Crippen LogP contribution is 2.35. The van der Waals surface area contributed by atoms with Crippen molar-refractivity contribution in [2.24, 2.45) is 0 Å². The monoisotopic (exact) mass is 291 g/mol. The molecule has 3 nitrogen and oxygen atoms in total. The molecule has 2 heterocycles. The smallest absolute Gasteiger partial charge is 0.384 e. The van der Waals surface area contributed by atoms with Crippen LogP contribution in [0.5, 0.6) is 0 Å². The minimum Gasteiger partial charge on any atom is -0.384 e. The first-order valence-corrected chi connectivity index (χ1v) is 6.90. The van der Waals surface area contributed by atoms with Crippen molar-refractivity contribution < 1.29 is 13.2 Å². The van der Waals surface area contributed by atoms with Gasteiger partial charge in [-0.05, 0) is 26.0 Å². The van der Waals surface area contributed by atoms with Gasteiger partial charge in [0.2, 0.25) is 0 Å². The molecule has 0 aromatic carbocycles. The number of alkyl halides is 3. The molecular formula is C12H16F3N3S. The van der Waals surface area contributed by atoms with Crippen molar-refractivity contribution in [1.29, 1.82) is 0 Å². The third-order valence-electron chi connectivity index (χ3n) is 2.91. The highest BCUT2D eigenvalue weighted by molar-refractivity contribution is 8.00. The van der Waals surface area contributed by atoms with E-state index in [1.54, 1.807) is 0 Å². The van der Waals surface area contributed by atoms with Gasteiger partial charge < -0.3 is 10.6 Å². The summed E-state index contributed by atoms with van der Waals surface area (Å²) in [4.78, 5) is 5.89. The molecule has 0 amide bonds. The fourth-order valence-corrected chi connectivity index (χ4v) is 3.19. The van der Waals surface area contributed by atoms with Crippen molar-refractivity contribution in [1.82, 2.24) is 4.98 Å². The zero-order chi connectivity index (χ0) is 14.3. The Hall–Kier alpha value is -1.11. The number of pyridine rings is 1. The second kappa shape index (κ2) is 4.77. The Morgan fingerprint density at radius 2 is 2.05 bits per heavy atom. The van der Waals surface area contributed by atoms with E-state index in [1.165, 1.54) is 0 Å². The van der Waals surface area contributed by atoms with Crippen molar-refractivity contribution in [2.45, 2.75) is 24.8 Å². The van der Waals surface area contributed by atoms with E-state index in [0.717, 1.165) is 17.9 Å². The van der Waals surface area contributed by atoms with Crippen LogP contribution >= 0.6 is 11.8 Å². The molecule has 7 heteroatoms. The molecule has 0 aliphatic carbocycles. The summed E-state index contributed by atoms with van der Waals surface area (Å²) in [5.74, 6) is 1.08. The number of thioether (sulfide) groups is 1. The van der Waals surface area contributed by atoms with E-state index >= 15 is 0 Å². The molecule has 1 aliphatic rings. The molecule has 19 heavy (non-hydrogen) atoms. The van der Waals surface area contributed by atoms with E-state index in [1.807, 2.05) is 16.7 Å². The maximum absolute atomic E-state index is 12.8. The van der Waals surface area contributed by atoms with Crippen molar-refractivity contribution in [3.8, 4) is 0 Å². The molecule has 106 valence electrons. The molecule has 0 spiro atoms. The number of nitrogens with zero attached hydrogens (tertiary/aromatic N) is 2. The molecule has 1 aliphatic heterocycles. The molecule has 1 aromatic heterocycles. The molecule has 1 aromatic rings. The van der Waals surface area contributed by atoms with Gasteiger partial charge >= 0.3 is 6.18 Å². The lowest BCUT2D eigenvalue weighted by molar-refractivity contribution is -0.137. The van der Waals surface area contributed by atoms with Crippen molar-refractivity contribution >= 4 is 23.4 Å². The van der Waals surface area contributed by atoms with Gasteiger partial charge in [-0.15, -0.1) is 0 Å². The summed E-state index contributed by atoms with van der Waals surface area (Å²) in [6.45, 7) is 5.48. The van der Waals surface area contributed by atoms with Crippen molar-refractivity contribution in [2.75, 3.05) is 29.5 Å². The number of hydrogen-bond donors (Lipinski definition) is 1. The minimum absolute atomic E-state index is 0.00291. The number of aromatic nitrogens is 1. The fraction of sp³-hybridized carbons (Fsp3) is 0.583. The van der Waals surface area contributed by atoms with Gasteiger partial charge in [0.25, 0.3) is 0 Å². The molecule has 1 fully saturated rings. The standard InChI is InChI=1S/C12H16F3N3S/c1-11(2)7-18(3-4-19-11)10-6-8(12(13,14)15)5-9(16)17-10/h5-6H,3-4,7H2,1-2H3,(H2,16,17). The zero-order valence-electron chi connectivity index (χ0n) is 10.8. The number of anilines is 2. The minimum atomic E-state index is -4.40. The molecule has 0 atom stereocenters. The van der Waals surface area contributed by atoms with Crippen molar-refractivity contribution in [3.63, 3.8) is 0 Å². The lowest BCUT2D eigenvalue weighted by Gasteiger charge is -2.38. The maximum Gasteiger partial charge on any atom is 0.416 e. The van der Waals surface area contributed by atoms with Crippen LogP contribution in [0.15, 0.2) is 12.1 Å². The summed E-state index contributed by atoms with van der Waals surface area (Å²) in [6, 6.07) is 1.94. The Balaban J connectivity index is 2.32. The Morgan fingerprint density at radius 3 is 2.63 bits per heavy atom. The Morgan fingerprint density at radius 1 is 1.37 bits per heavy atom. The summed E-state index contributed by atoms with van der Waals surface area (Å²) in [6.07, 6.45) is -4.40. The van der Waals surface area contributed by atoms with Gasteiger partial charge in [0.1, 0.15) is 11.6 Å². The molecule has 1 saturated heterocycles. The number of hydrogen-bond acceptors (Lipinski definition) is 4. The molecular weight excluding hydrogens is 275 g/mol. The largest absolute Gasteiger partial charge is 0.416 e. The normalized spacial score (nSPS) is 19.5. The van der Waals surface area contributed by atoms with Gasteiger partial charge in [-0.2, -0.15) is 24.9 Å². The number of rotatable bonds is 1. The first-order chi connectivity index (χ1) is 8.67. The molecule has 0 unspecified atom stereocenters. The fourth-order valence-electron chi connectivity index (χ4n) is 2.07. The predicted molar refractivity (Wildman–Crippen MR) is 72.4 cm³/mol. The summed E-state index contributed by atoms with van der Waals surface area (Å²) < 4.78 is 38.3. The molecule has 2 N–H and O–H groups in total. The van der Waals surface area contributed by atoms with Crippen LogP contribution in [0, 0.1) is 0 Å². The van der Waals surface area contributed by atoms with Crippen LogP contribution in [0.3, 0.4) is 0 Å². The highest BCUT2D eigenvalue weighted by atomic mass is 32.2. The summed E-state index contributed by atoms with van der Waals surface area (Å²) >= 11 is 1.81. The van der Waals surface area contributed by atoms with Crippen molar-refractivity contribution in [3.05, 3.63) is 17.7 Å². The Kier molecular flexibility index (Phi) is 3.59. The van der Waals surface area contributed by atoms with Gasteiger partial charge in [0.05, 0.1) is 5.56 Å². The van der Waals surface area contributed by atoms with E-state index in [-0.39, 0.29) is 10.6 Å². The third-order valence-corrected chi connectivity index (χ3v) is 4.21. The maximum atomic E-state index is 12.8. The molecule has 0 saturated carbocycles. The van der Waals surface area contributed by atoms with E-state index in [0.29, 0.717) is 18.9 Å². The first-order valence-electron chi connectivity index (χ1n) is 5.91. The van der Waals surface area contributed by atoms with Gasteiger partial charge in [0, 0.05) is 23.6 Å². The van der Waals surface area contributed by atoms with Gasteiger partial charge in [-0.3, -0.25) is 0 Å². The lowest BCUT2D eigenvalue weighted by atomic mass is 10.1. The molecule has 2 rings (SSSR count). The SMILES string of the molecule is CC1(C)CN(c2cc(C(F)(F)F)cc(N)n2)CCS1. The summed E-state index contributed by atoms with van der Waals surface area (Å²) in [7, 11) is 0. The topological polar surface area (TPSA) is 42.1 Å². The van der Waals surface area contributed by atoms with E-state index in [9.17, 15) is 13.2 Å². The Bertz CT molecular complexity index is 474. The van der Waals surface area contributed by atoms with Crippen LogP contribution in [-0.2, 0) is 6.18 Å².